The molecule has 5 nitrogen and oxygen atoms in total. The lowest BCUT2D eigenvalue weighted by atomic mass is 10.1. The Morgan fingerprint density at radius 3 is 2.19 bits per heavy atom. The highest BCUT2D eigenvalue weighted by molar-refractivity contribution is 5.69. The van der Waals surface area contributed by atoms with Gasteiger partial charge in [0, 0.05) is 6.54 Å². The third kappa shape index (κ3) is 5.64. The van der Waals surface area contributed by atoms with Crippen molar-refractivity contribution < 1.29 is 19.0 Å². The predicted molar refractivity (Wildman–Crippen MR) is 106 cm³/mol. The van der Waals surface area contributed by atoms with Crippen LogP contribution in [0, 0.1) is 0 Å². The maximum Gasteiger partial charge on any atom is 0.411 e. The number of methoxy groups -OCH3 is 2. The SMILES string of the molecule is COc1ccc(C(C)N(Cc2ccccc2)C(=O)OC(C)(C)C)cc1OC. The van der Waals surface area contributed by atoms with Gasteiger partial charge in [-0.2, -0.15) is 0 Å². The highest BCUT2D eigenvalue weighted by Gasteiger charge is 2.27. The molecule has 0 bridgehead atoms. The van der Waals surface area contributed by atoms with Crippen molar-refractivity contribution in [3.63, 3.8) is 0 Å². The van der Waals surface area contributed by atoms with Crippen LogP contribution in [0.2, 0.25) is 0 Å². The number of rotatable bonds is 6. The topological polar surface area (TPSA) is 48.0 Å². The molecule has 0 heterocycles. The molecule has 0 N–H and O–H groups in total. The van der Waals surface area contributed by atoms with Crippen LogP contribution in [0.1, 0.15) is 44.9 Å². The van der Waals surface area contributed by atoms with E-state index in [1.165, 1.54) is 0 Å². The van der Waals surface area contributed by atoms with Gasteiger partial charge in [0.25, 0.3) is 0 Å². The maximum atomic E-state index is 12.9. The Morgan fingerprint density at radius 2 is 1.63 bits per heavy atom. The van der Waals surface area contributed by atoms with E-state index in [9.17, 15) is 4.79 Å². The molecule has 146 valence electrons. The average molecular weight is 371 g/mol. The second-order valence-electron chi connectivity index (χ2n) is 7.38. The Balaban J connectivity index is 2.35. The fraction of sp³-hybridized carbons (Fsp3) is 0.409. The molecule has 0 fully saturated rings. The van der Waals surface area contributed by atoms with Gasteiger partial charge in [0.1, 0.15) is 5.60 Å². The third-order valence-corrected chi connectivity index (χ3v) is 4.18. The predicted octanol–water partition coefficient (Wildman–Crippen LogP) is 5.20. The van der Waals surface area contributed by atoms with Crippen LogP contribution >= 0.6 is 0 Å². The zero-order valence-corrected chi connectivity index (χ0v) is 17.0. The van der Waals surface area contributed by atoms with Gasteiger partial charge >= 0.3 is 6.09 Å². The molecule has 0 saturated heterocycles. The Kier molecular flexibility index (Phi) is 6.72. The first-order valence-corrected chi connectivity index (χ1v) is 9.00. The first kappa shape index (κ1) is 20.6. The number of amides is 1. The van der Waals surface area contributed by atoms with Gasteiger partial charge in [0.2, 0.25) is 0 Å². The number of ether oxygens (including phenoxy) is 3. The molecule has 2 rings (SSSR count). The summed E-state index contributed by atoms with van der Waals surface area (Å²) in [6.45, 7) is 8.03. The van der Waals surface area contributed by atoms with E-state index < -0.39 is 5.60 Å². The maximum absolute atomic E-state index is 12.9. The standard InChI is InChI=1S/C22H29NO4/c1-16(18-12-13-19(25-5)20(14-18)26-6)23(21(24)27-22(2,3)4)15-17-10-8-7-9-11-17/h7-14,16H,15H2,1-6H3. The van der Waals surface area contributed by atoms with Crippen LogP contribution < -0.4 is 9.47 Å². The summed E-state index contributed by atoms with van der Waals surface area (Å²) in [4.78, 5) is 14.6. The van der Waals surface area contributed by atoms with Crippen LogP contribution in [0.3, 0.4) is 0 Å². The molecule has 1 atom stereocenters. The first-order valence-electron chi connectivity index (χ1n) is 9.00. The van der Waals surface area contributed by atoms with Crippen molar-refractivity contribution in [2.45, 2.75) is 45.9 Å². The molecule has 1 unspecified atom stereocenters. The molecule has 0 aliphatic carbocycles. The zero-order valence-electron chi connectivity index (χ0n) is 17.0. The molecule has 0 aliphatic heterocycles. The van der Waals surface area contributed by atoms with Crippen LogP contribution in [-0.4, -0.2) is 30.8 Å². The summed E-state index contributed by atoms with van der Waals surface area (Å²) < 4.78 is 16.4. The Bertz CT molecular complexity index is 753. The van der Waals surface area contributed by atoms with Gasteiger partial charge in [-0.05, 0) is 51.0 Å². The van der Waals surface area contributed by atoms with Crippen LogP contribution in [0.5, 0.6) is 11.5 Å². The minimum atomic E-state index is -0.566. The highest BCUT2D eigenvalue weighted by atomic mass is 16.6. The molecule has 1 amide bonds. The second kappa shape index (κ2) is 8.80. The molecular formula is C22H29NO4. The molecular weight excluding hydrogens is 342 g/mol. The van der Waals surface area contributed by atoms with E-state index in [4.69, 9.17) is 14.2 Å². The van der Waals surface area contributed by atoms with Crippen LogP contribution in [-0.2, 0) is 11.3 Å². The van der Waals surface area contributed by atoms with Gasteiger partial charge in [-0.25, -0.2) is 4.79 Å². The van der Waals surface area contributed by atoms with Gasteiger partial charge in [0.15, 0.2) is 11.5 Å². The molecule has 2 aromatic rings. The summed E-state index contributed by atoms with van der Waals surface area (Å²) in [5.74, 6) is 1.28. The van der Waals surface area contributed by atoms with Gasteiger partial charge in [-0.1, -0.05) is 36.4 Å². The number of carbonyl (C=O) groups excluding carboxylic acids is 1. The van der Waals surface area contributed by atoms with Crippen molar-refractivity contribution in [3.05, 3.63) is 59.7 Å². The highest BCUT2D eigenvalue weighted by Crippen LogP contribution is 2.33. The monoisotopic (exact) mass is 371 g/mol. The molecule has 27 heavy (non-hydrogen) atoms. The Hall–Kier alpha value is -2.69. The van der Waals surface area contributed by atoms with Crippen molar-refractivity contribution in [1.29, 1.82) is 0 Å². The van der Waals surface area contributed by atoms with Crippen molar-refractivity contribution in [3.8, 4) is 11.5 Å². The fourth-order valence-electron chi connectivity index (χ4n) is 2.75. The molecule has 0 aromatic heterocycles. The largest absolute Gasteiger partial charge is 0.493 e. The summed E-state index contributed by atoms with van der Waals surface area (Å²) >= 11 is 0. The summed E-state index contributed by atoms with van der Waals surface area (Å²) in [5.41, 5.74) is 1.41. The lowest BCUT2D eigenvalue weighted by Crippen LogP contribution is -2.38. The molecule has 0 saturated carbocycles. The third-order valence-electron chi connectivity index (χ3n) is 4.18. The lowest BCUT2D eigenvalue weighted by molar-refractivity contribution is 0.0153. The van der Waals surface area contributed by atoms with Gasteiger partial charge < -0.3 is 14.2 Å². The minimum Gasteiger partial charge on any atom is -0.493 e. The molecule has 5 heteroatoms. The van der Waals surface area contributed by atoms with Crippen molar-refractivity contribution in [1.82, 2.24) is 4.90 Å². The van der Waals surface area contributed by atoms with E-state index in [0.717, 1.165) is 11.1 Å². The second-order valence-corrected chi connectivity index (χ2v) is 7.38. The van der Waals surface area contributed by atoms with E-state index in [1.807, 2.05) is 76.2 Å². The molecule has 0 aliphatic rings. The van der Waals surface area contributed by atoms with Crippen molar-refractivity contribution in [2.75, 3.05) is 14.2 Å². The van der Waals surface area contributed by atoms with Crippen LogP contribution in [0.25, 0.3) is 0 Å². The van der Waals surface area contributed by atoms with Crippen LogP contribution in [0.15, 0.2) is 48.5 Å². The molecule has 0 radical (unpaired) electrons. The number of hydrogen-bond acceptors (Lipinski definition) is 4. The summed E-state index contributed by atoms with van der Waals surface area (Å²) in [6.07, 6.45) is -0.353. The summed E-state index contributed by atoms with van der Waals surface area (Å²) in [7, 11) is 3.20. The van der Waals surface area contributed by atoms with Crippen LogP contribution in [0.4, 0.5) is 4.79 Å². The fourth-order valence-corrected chi connectivity index (χ4v) is 2.75. The van der Waals surface area contributed by atoms with E-state index in [2.05, 4.69) is 0 Å². The van der Waals surface area contributed by atoms with E-state index in [0.29, 0.717) is 18.0 Å². The van der Waals surface area contributed by atoms with Crippen molar-refractivity contribution in [2.24, 2.45) is 0 Å². The van der Waals surface area contributed by atoms with Gasteiger partial charge in [-0.3, -0.25) is 4.90 Å². The van der Waals surface area contributed by atoms with E-state index in [-0.39, 0.29) is 12.1 Å². The number of hydrogen-bond donors (Lipinski definition) is 0. The smallest absolute Gasteiger partial charge is 0.411 e. The normalized spacial score (nSPS) is 12.2. The average Bonchev–Trinajstić information content (AvgIpc) is 2.64. The van der Waals surface area contributed by atoms with Gasteiger partial charge in [0.05, 0.1) is 20.3 Å². The van der Waals surface area contributed by atoms with E-state index >= 15 is 0 Å². The lowest BCUT2D eigenvalue weighted by Gasteiger charge is -2.32. The Labute approximate surface area is 161 Å². The quantitative estimate of drug-likeness (QED) is 0.700. The number of benzene rings is 2. The summed E-state index contributed by atoms with van der Waals surface area (Å²) in [6, 6.07) is 15.4. The Morgan fingerprint density at radius 1 is 1.00 bits per heavy atom. The van der Waals surface area contributed by atoms with Gasteiger partial charge in [-0.15, -0.1) is 0 Å². The zero-order chi connectivity index (χ0) is 20.0. The molecule has 0 spiro atoms. The first-order chi connectivity index (χ1) is 12.7. The van der Waals surface area contributed by atoms with E-state index in [1.54, 1.807) is 19.1 Å². The molecule has 2 aromatic carbocycles. The van der Waals surface area contributed by atoms with Crippen molar-refractivity contribution >= 4 is 6.09 Å². The summed E-state index contributed by atoms with van der Waals surface area (Å²) in [5, 5.41) is 0. The number of carbonyl (C=O) groups is 1. The minimum absolute atomic E-state index is 0.208. The number of nitrogens with zero attached hydrogens (tertiary/aromatic N) is 1.